The molecule has 1 aromatic heterocycles. The summed E-state index contributed by atoms with van der Waals surface area (Å²) < 4.78 is 7.19. The molecule has 7 heteroatoms. The van der Waals surface area contributed by atoms with Crippen LogP contribution in [0.25, 0.3) is 10.9 Å². The summed E-state index contributed by atoms with van der Waals surface area (Å²) >= 11 is 0. The third-order valence-corrected chi connectivity index (χ3v) is 5.07. The Balaban J connectivity index is 1.55. The maximum absolute atomic E-state index is 12.9. The van der Waals surface area contributed by atoms with E-state index in [4.69, 9.17) is 4.74 Å². The van der Waals surface area contributed by atoms with E-state index < -0.39 is 12.6 Å². The van der Waals surface area contributed by atoms with Crippen molar-refractivity contribution in [3.05, 3.63) is 60.3 Å². The van der Waals surface area contributed by atoms with Crippen LogP contribution in [0.4, 0.5) is 11.4 Å². The fourth-order valence-corrected chi connectivity index (χ4v) is 3.75. The highest BCUT2D eigenvalue weighted by Crippen LogP contribution is 2.31. The molecule has 1 aliphatic heterocycles. The molecule has 0 saturated carbocycles. The summed E-state index contributed by atoms with van der Waals surface area (Å²) in [5, 5.41) is 3.58. The first-order valence-corrected chi connectivity index (χ1v) is 9.38. The van der Waals surface area contributed by atoms with Crippen LogP contribution in [0.5, 0.6) is 0 Å². The second-order valence-electron chi connectivity index (χ2n) is 7.13. The van der Waals surface area contributed by atoms with Gasteiger partial charge in [0.25, 0.3) is 5.91 Å². The van der Waals surface area contributed by atoms with E-state index in [0.29, 0.717) is 16.9 Å². The predicted molar refractivity (Wildman–Crippen MR) is 110 cm³/mol. The number of nitrogens with zero attached hydrogens (tertiary/aromatic N) is 2. The van der Waals surface area contributed by atoms with Gasteiger partial charge in [0, 0.05) is 36.6 Å². The van der Waals surface area contributed by atoms with E-state index in [1.165, 1.54) is 4.90 Å². The highest BCUT2D eigenvalue weighted by molar-refractivity contribution is 6.07. The number of amides is 2. The number of ether oxygens (including phenoxy) is 1. The zero-order valence-electron chi connectivity index (χ0n) is 16.2. The molecule has 2 heterocycles. The average molecular weight is 391 g/mol. The second kappa shape index (κ2) is 7.43. The molecule has 148 valence electrons. The first-order chi connectivity index (χ1) is 14.0. The van der Waals surface area contributed by atoms with Crippen molar-refractivity contribution in [1.82, 2.24) is 4.57 Å². The monoisotopic (exact) mass is 391 g/mol. The number of anilines is 2. The molecular weight excluding hydrogens is 370 g/mol. The minimum Gasteiger partial charge on any atom is -0.452 e. The molecule has 2 aromatic carbocycles. The molecule has 29 heavy (non-hydrogen) atoms. The highest BCUT2D eigenvalue weighted by atomic mass is 16.5. The Morgan fingerprint density at radius 2 is 1.86 bits per heavy atom. The van der Waals surface area contributed by atoms with Crippen LogP contribution < -0.4 is 10.2 Å². The first kappa shape index (κ1) is 18.7. The summed E-state index contributed by atoms with van der Waals surface area (Å²) in [7, 11) is 1.85. The molecule has 0 fully saturated rings. The van der Waals surface area contributed by atoms with Gasteiger partial charge in [-0.05, 0) is 25.1 Å². The fraction of sp³-hybridized carbons (Fsp3) is 0.227. The molecular formula is C22H21N3O4. The molecule has 1 aliphatic rings. The maximum atomic E-state index is 12.9. The topological polar surface area (TPSA) is 80.6 Å². The number of para-hydroxylation sites is 3. The summed E-state index contributed by atoms with van der Waals surface area (Å²) in [6.07, 6.45) is 1.86. The van der Waals surface area contributed by atoms with Crippen LogP contribution in [-0.2, 0) is 21.4 Å². The predicted octanol–water partition coefficient (Wildman–Crippen LogP) is 3.10. The Kier molecular flexibility index (Phi) is 4.80. The van der Waals surface area contributed by atoms with Crippen molar-refractivity contribution in [3.63, 3.8) is 0 Å². The molecule has 4 rings (SSSR count). The summed E-state index contributed by atoms with van der Waals surface area (Å²) in [6.45, 7) is 1.39. The van der Waals surface area contributed by atoms with Gasteiger partial charge in [-0.1, -0.05) is 30.3 Å². The van der Waals surface area contributed by atoms with Gasteiger partial charge in [0.2, 0.25) is 5.91 Å². The Morgan fingerprint density at radius 1 is 1.14 bits per heavy atom. The van der Waals surface area contributed by atoms with Crippen molar-refractivity contribution in [2.45, 2.75) is 19.4 Å². The van der Waals surface area contributed by atoms with Crippen LogP contribution in [0.15, 0.2) is 54.7 Å². The van der Waals surface area contributed by atoms with Crippen LogP contribution in [-0.4, -0.2) is 35.0 Å². The number of carbonyl (C=O) groups is 3. The lowest BCUT2D eigenvalue weighted by Crippen LogP contribution is -2.41. The van der Waals surface area contributed by atoms with Crippen molar-refractivity contribution in [3.8, 4) is 0 Å². The van der Waals surface area contributed by atoms with Gasteiger partial charge in [-0.3, -0.25) is 9.59 Å². The van der Waals surface area contributed by atoms with Gasteiger partial charge in [-0.25, -0.2) is 4.79 Å². The van der Waals surface area contributed by atoms with Crippen LogP contribution in [0, 0.1) is 0 Å². The van der Waals surface area contributed by atoms with E-state index in [2.05, 4.69) is 5.32 Å². The van der Waals surface area contributed by atoms with E-state index in [1.54, 1.807) is 37.4 Å². The number of nitrogens with one attached hydrogen (secondary N) is 1. The Bertz CT molecular complexity index is 1120. The molecule has 0 saturated heterocycles. The fourth-order valence-electron chi connectivity index (χ4n) is 3.75. The lowest BCUT2D eigenvalue weighted by Gasteiger charge is -2.27. The lowest BCUT2D eigenvalue weighted by atomic mass is 10.1. The lowest BCUT2D eigenvalue weighted by molar-refractivity contribution is -0.122. The molecule has 0 aliphatic carbocycles. The van der Waals surface area contributed by atoms with Gasteiger partial charge in [0.1, 0.15) is 0 Å². The molecule has 0 bridgehead atoms. The number of aryl methyl sites for hydroxylation is 1. The summed E-state index contributed by atoms with van der Waals surface area (Å²) in [4.78, 5) is 39.2. The number of carbonyl (C=O) groups excluding carboxylic acids is 3. The standard InChI is InChI=1S/C22H21N3O4/c1-14-11-20(26)23-17-8-4-6-10-19(17)25(14)21(27)13-29-22(28)16-12-24(2)18-9-5-3-7-15(16)18/h3-10,12,14H,11,13H2,1-2H3,(H,23,26). The third-order valence-electron chi connectivity index (χ3n) is 5.07. The molecule has 7 nitrogen and oxygen atoms in total. The van der Waals surface area contributed by atoms with E-state index in [9.17, 15) is 14.4 Å². The Labute approximate surface area is 167 Å². The van der Waals surface area contributed by atoms with Crippen LogP contribution >= 0.6 is 0 Å². The summed E-state index contributed by atoms with van der Waals surface area (Å²) in [5.74, 6) is -1.09. The average Bonchev–Trinajstić information content (AvgIpc) is 2.97. The number of hydrogen-bond acceptors (Lipinski definition) is 4. The second-order valence-corrected chi connectivity index (χ2v) is 7.13. The van der Waals surface area contributed by atoms with Gasteiger partial charge in [0.15, 0.2) is 6.61 Å². The quantitative estimate of drug-likeness (QED) is 0.696. The van der Waals surface area contributed by atoms with E-state index in [0.717, 1.165) is 10.9 Å². The number of rotatable bonds is 3. The molecule has 1 unspecified atom stereocenters. The number of hydrogen-bond donors (Lipinski definition) is 1. The van der Waals surface area contributed by atoms with E-state index >= 15 is 0 Å². The van der Waals surface area contributed by atoms with Gasteiger partial charge < -0.3 is 19.5 Å². The van der Waals surface area contributed by atoms with Crippen molar-refractivity contribution >= 4 is 40.1 Å². The van der Waals surface area contributed by atoms with Crippen molar-refractivity contribution < 1.29 is 19.1 Å². The number of benzene rings is 2. The zero-order valence-corrected chi connectivity index (χ0v) is 16.2. The number of aromatic nitrogens is 1. The van der Waals surface area contributed by atoms with Gasteiger partial charge in [-0.15, -0.1) is 0 Å². The number of fused-ring (bicyclic) bond motifs is 2. The van der Waals surface area contributed by atoms with E-state index in [1.807, 2.05) is 35.9 Å². The SMILES string of the molecule is CC1CC(=O)Nc2ccccc2N1C(=O)COC(=O)c1cn(C)c2ccccc12. The van der Waals surface area contributed by atoms with Gasteiger partial charge >= 0.3 is 5.97 Å². The van der Waals surface area contributed by atoms with Crippen molar-refractivity contribution in [2.75, 3.05) is 16.8 Å². The maximum Gasteiger partial charge on any atom is 0.340 e. The minimum atomic E-state index is -0.555. The Hall–Kier alpha value is -3.61. The van der Waals surface area contributed by atoms with Crippen LogP contribution in [0.2, 0.25) is 0 Å². The summed E-state index contributed by atoms with van der Waals surface area (Å²) in [5.41, 5.74) is 2.48. The van der Waals surface area contributed by atoms with Gasteiger partial charge in [0.05, 0.1) is 16.9 Å². The van der Waals surface area contributed by atoms with Gasteiger partial charge in [-0.2, -0.15) is 0 Å². The summed E-state index contributed by atoms with van der Waals surface area (Å²) in [6, 6.07) is 14.2. The minimum absolute atomic E-state index is 0.159. The molecule has 0 spiro atoms. The molecule has 3 aromatic rings. The smallest absolute Gasteiger partial charge is 0.340 e. The van der Waals surface area contributed by atoms with Crippen LogP contribution in [0.1, 0.15) is 23.7 Å². The van der Waals surface area contributed by atoms with Crippen molar-refractivity contribution in [2.24, 2.45) is 7.05 Å². The molecule has 1 N–H and O–H groups in total. The Morgan fingerprint density at radius 3 is 2.69 bits per heavy atom. The zero-order chi connectivity index (χ0) is 20.5. The van der Waals surface area contributed by atoms with E-state index in [-0.39, 0.29) is 24.3 Å². The number of esters is 1. The van der Waals surface area contributed by atoms with Crippen LogP contribution in [0.3, 0.4) is 0 Å². The largest absolute Gasteiger partial charge is 0.452 e. The molecule has 2 amide bonds. The first-order valence-electron chi connectivity index (χ1n) is 9.38. The molecule has 0 radical (unpaired) electrons. The molecule has 1 atom stereocenters. The normalized spacial score (nSPS) is 16.1. The third kappa shape index (κ3) is 3.47. The van der Waals surface area contributed by atoms with Crippen molar-refractivity contribution in [1.29, 1.82) is 0 Å². The highest BCUT2D eigenvalue weighted by Gasteiger charge is 2.30.